The van der Waals surface area contributed by atoms with Crippen LogP contribution >= 0.6 is 11.6 Å². The summed E-state index contributed by atoms with van der Waals surface area (Å²) in [5, 5.41) is 1.28. The van der Waals surface area contributed by atoms with Crippen molar-refractivity contribution < 1.29 is 13.5 Å². The maximum absolute atomic E-state index is 13.1. The van der Waals surface area contributed by atoms with Gasteiger partial charge in [-0.1, -0.05) is 17.7 Å². The van der Waals surface area contributed by atoms with Crippen LogP contribution in [0.1, 0.15) is 11.8 Å². The second-order valence-corrected chi connectivity index (χ2v) is 5.14. The van der Waals surface area contributed by atoms with Gasteiger partial charge < -0.3 is 14.9 Å². The Hall–Kier alpha value is -2.04. The first kappa shape index (κ1) is 13.9. The SMILES string of the molecule is NC(COc1cccc(Cl)c1)c1cc2cc(F)ccc2o1. The molecule has 3 aromatic rings. The minimum absolute atomic E-state index is 0.239. The summed E-state index contributed by atoms with van der Waals surface area (Å²) in [6, 6.07) is 12.7. The summed E-state index contributed by atoms with van der Waals surface area (Å²) in [7, 11) is 0. The van der Waals surface area contributed by atoms with Gasteiger partial charge in [-0.25, -0.2) is 4.39 Å². The molecule has 3 rings (SSSR count). The third kappa shape index (κ3) is 3.17. The number of nitrogens with two attached hydrogens (primary N) is 1. The highest BCUT2D eigenvalue weighted by molar-refractivity contribution is 6.30. The standard InChI is InChI=1S/C16H13ClFNO2/c17-11-2-1-3-13(8-11)20-9-14(19)16-7-10-6-12(18)4-5-15(10)21-16/h1-8,14H,9,19H2. The number of halogens is 2. The molecule has 108 valence electrons. The van der Waals surface area contributed by atoms with Crippen LogP contribution in [0.5, 0.6) is 5.75 Å². The molecule has 0 radical (unpaired) electrons. The van der Waals surface area contributed by atoms with Crippen LogP contribution in [0.15, 0.2) is 52.9 Å². The second kappa shape index (κ2) is 5.76. The van der Waals surface area contributed by atoms with Gasteiger partial charge >= 0.3 is 0 Å². The van der Waals surface area contributed by atoms with E-state index < -0.39 is 6.04 Å². The van der Waals surface area contributed by atoms with Crippen LogP contribution in [0.3, 0.4) is 0 Å². The molecule has 0 bridgehead atoms. The molecule has 2 aromatic carbocycles. The first-order valence-corrected chi connectivity index (χ1v) is 6.82. The largest absolute Gasteiger partial charge is 0.491 e. The van der Waals surface area contributed by atoms with Gasteiger partial charge in [-0.3, -0.25) is 0 Å². The molecule has 1 unspecified atom stereocenters. The zero-order valence-corrected chi connectivity index (χ0v) is 11.8. The lowest BCUT2D eigenvalue weighted by molar-refractivity contribution is 0.275. The first-order chi connectivity index (χ1) is 10.1. The van der Waals surface area contributed by atoms with Gasteiger partial charge in [-0.15, -0.1) is 0 Å². The van der Waals surface area contributed by atoms with Gasteiger partial charge in [0.1, 0.15) is 29.5 Å². The molecule has 0 spiro atoms. The summed E-state index contributed by atoms with van der Waals surface area (Å²) in [5.41, 5.74) is 6.64. The van der Waals surface area contributed by atoms with E-state index in [2.05, 4.69) is 0 Å². The van der Waals surface area contributed by atoms with Gasteiger partial charge in [0.2, 0.25) is 0 Å². The van der Waals surface area contributed by atoms with Gasteiger partial charge in [-0.2, -0.15) is 0 Å². The average Bonchev–Trinajstić information content (AvgIpc) is 2.88. The van der Waals surface area contributed by atoms with Crippen molar-refractivity contribution in [2.75, 3.05) is 6.61 Å². The minimum atomic E-state index is -0.445. The lowest BCUT2D eigenvalue weighted by Crippen LogP contribution is -2.18. The average molecular weight is 306 g/mol. The van der Waals surface area contributed by atoms with Gasteiger partial charge in [0, 0.05) is 10.4 Å². The maximum atomic E-state index is 13.1. The number of ether oxygens (including phenoxy) is 1. The van der Waals surface area contributed by atoms with Gasteiger partial charge in [0.25, 0.3) is 0 Å². The van der Waals surface area contributed by atoms with E-state index in [-0.39, 0.29) is 12.4 Å². The summed E-state index contributed by atoms with van der Waals surface area (Å²) in [6.07, 6.45) is 0. The molecule has 5 heteroatoms. The molecule has 0 aliphatic heterocycles. The Morgan fingerprint density at radius 3 is 2.86 bits per heavy atom. The lowest BCUT2D eigenvalue weighted by Gasteiger charge is -2.11. The molecule has 21 heavy (non-hydrogen) atoms. The van der Waals surface area contributed by atoms with E-state index in [1.54, 1.807) is 36.4 Å². The van der Waals surface area contributed by atoms with Crippen LogP contribution in [0.2, 0.25) is 5.02 Å². The van der Waals surface area contributed by atoms with E-state index in [0.717, 1.165) is 0 Å². The van der Waals surface area contributed by atoms with Gasteiger partial charge in [0.15, 0.2) is 0 Å². The third-order valence-corrected chi connectivity index (χ3v) is 3.32. The fraction of sp³-hybridized carbons (Fsp3) is 0.125. The van der Waals surface area contributed by atoms with Crippen LogP contribution < -0.4 is 10.5 Å². The van der Waals surface area contributed by atoms with E-state index in [1.165, 1.54) is 12.1 Å². The predicted molar refractivity (Wildman–Crippen MR) is 80.0 cm³/mol. The molecule has 1 heterocycles. The summed E-state index contributed by atoms with van der Waals surface area (Å²) in [4.78, 5) is 0. The number of hydrogen-bond acceptors (Lipinski definition) is 3. The monoisotopic (exact) mass is 305 g/mol. The Morgan fingerprint density at radius 1 is 1.19 bits per heavy atom. The number of furan rings is 1. The van der Waals surface area contributed by atoms with Crippen molar-refractivity contribution in [2.24, 2.45) is 5.73 Å². The van der Waals surface area contributed by atoms with Crippen LogP contribution in [0.4, 0.5) is 4.39 Å². The quantitative estimate of drug-likeness (QED) is 0.781. The van der Waals surface area contributed by atoms with E-state index in [9.17, 15) is 4.39 Å². The zero-order valence-electron chi connectivity index (χ0n) is 11.1. The number of benzene rings is 2. The van der Waals surface area contributed by atoms with Crippen molar-refractivity contribution in [1.82, 2.24) is 0 Å². The molecule has 0 saturated heterocycles. The minimum Gasteiger partial charge on any atom is -0.491 e. The smallest absolute Gasteiger partial charge is 0.134 e. The van der Waals surface area contributed by atoms with E-state index in [0.29, 0.717) is 27.5 Å². The lowest BCUT2D eigenvalue weighted by atomic mass is 10.2. The first-order valence-electron chi connectivity index (χ1n) is 6.45. The topological polar surface area (TPSA) is 48.4 Å². The Morgan fingerprint density at radius 2 is 2.05 bits per heavy atom. The molecule has 3 nitrogen and oxygen atoms in total. The third-order valence-electron chi connectivity index (χ3n) is 3.09. The molecular formula is C16H13ClFNO2. The summed E-state index contributed by atoms with van der Waals surface area (Å²) in [5.74, 6) is 0.885. The summed E-state index contributed by atoms with van der Waals surface area (Å²) < 4.78 is 24.3. The second-order valence-electron chi connectivity index (χ2n) is 4.71. The molecule has 1 aromatic heterocycles. The molecule has 0 aliphatic carbocycles. The van der Waals surface area contributed by atoms with E-state index in [4.69, 9.17) is 26.5 Å². The summed E-state index contributed by atoms with van der Waals surface area (Å²) in [6.45, 7) is 0.239. The van der Waals surface area contributed by atoms with Crippen LogP contribution in [-0.4, -0.2) is 6.61 Å². The van der Waals surface area contributed by atoms with Crippen LogP contribution in [0.25, 0.3) is 11.0 Å². The highest BCUT2D eigenvalue weighted by Crippen LogP contribution is 2.25. The molecule has 1 atom stereocenters. The van der Waals surface area contributed by atoms with Gasteiger partial charge in [0.05, 0.1) is 6.04 Å². The Kier molecular flexibility index (Phi) is 3.82. The normalized spacial score (nSPS) is 12.5. The highest BCUT2D eigenvalue weighted by atomic mass is 35.5. The maximum Gasteiger partial charge on any atom is 0.134 e. The van der Waals surface area contributed by atoms with Crippen molar-refractivity contribution in [1.29, 1.82) is 0 Å². The summed E-state index contributed by atoms with van der Waals surface area (Å²) >= 11 is 5.88. The van der Waals surface area contributed by atoms with Crippen molar-refractivity contribution in [2.45, 2.75) is 6.04 Å². The Balaban J connectivity index is 1.73. The zero-order chi connectivity index (χ0) is 14.8. The Labute approximate surface area is 126 Å². The fourth-order valence-corrected chi connectivity index (χ4v) is 2.22. The van der Waals surface area contributed by atoms with E-state index in [1.807, 2.05) is 0 Å². The predicted octanol–water partition coefficient (Wildman–Crippen LogP) is 4.30. The molecular weight excluding hydrogens is 293 g/mol. The Bertz CT molecular complexity index is 772. The van der Waals surface area contributed by atoms with Crippen molar-refractivity contribution in [3.8, 4) is 5.75 Å². The molecule has 0 aliphatic rings. The van der Waals surface area contributed by atoms with E-state index >= 15 is 0 Å². The number of hydrogen-bond donors (Lipinski definition) is 1. The fourth-order valence-electron chi connectivity index (χ4n) is 2.04. The number of rotatable bonds is 4. The number of fused-ring (bicyclic) bond motifs is 1. The molecule has 0 amide bonds. The van der Waals surface area contributed by atoms with Crippen LogP contribution in [-0.2, 0) is 0 Å². The van der Waals surface area contributed by atoms with Crippen molar-refractivity contribution in [3.05, 3.63) is 65.1 Å². The highest BCUT2D eigenvalue weighted by Gasteiger charge is 2.13. The molecule has 2 N–H and O–H groups in total. The molecule has 0 saturated carbocycles. The van der Waals surface area contributed by atoms with Crippen LogP contribution in [0, 0.1) is 5.82 Å². The van der Waals surface area contributed by atoms with Gasteiger partial charge in [-0.05, 0) is 42.5 Å². The molecule has 0 fully saturated rings. The van der Waals surface area contributed by atoms with Crippen molar-refractivity contribution >= 4 is 22.6 Å². The van der Waals surface area contributed by atoms with Crippen molar-refractivity contribution in [3.63, 3.8) is 0 Å².